The van der Waals surface area contributed by atoms with Crippen molar-refractivity contribution in [1.82, 2.24) is 24.1 Å². The highest BCUT2D eigenvalue weighted by atomic mass is 16.3. The minimum Gasteiger partial charge on any atom is -0.454 e. The fourth-order valence-corrected chi connectivity index (χ4v) is 11.7. The molecule has 6 heteroatoms. The van der Waals surface area contributed by atoms with Gasteiger partial charge in [0.05, 0.1) is 27.8 Å². The number of hydrogen-bond donors (Lipinski definition) is 0. The van der Waals surface area contributed by atoms with E-state index < -0.39 is 0 Å². The molecular formula is C67H39N5O. The maximum absolute atomic E-state index is 7.16. The molecule has 0 fully saturated rings. The van der Waals surface area contributed by atoms with Crippen LogP contribution in [0.3, 0.4) is 0 Å². The molecule has 0 saturated carbocycles. The van der Waals surface area contributed by atoms with E-state index in [2.05, 4.69) is 246 Å². The first-order valence-corrected chi connectivity index (χ1v) is 24.7. The van der Waals surface area contributed by atoms with Crippen molar-refractivity contribution in [2.24, 2.45) is 0 Å². The molecule has 0 saturated heterocycles. The van der Waals surface area contributed by atoms with Crippen LogP contribution in [0.2, 0.25) is 0 Å². The second-order valence-electron chi connectivity index (χ2n) is 19.2. The Bertz CT molecular complexity index is 4980. The Kier molecular flexibility index (Phi) is 8.36. The Morgan fingerprint density at radius 3 is 1.64 bits per heavy atom. The quantitative estimate of drug-likeness (QED) is 0.173. The van der Waals surface area contributed by atoms with Gasteiger partial charge in [-0.1, -0.05) is 164 Å². The minimum absolute atomic E-state index is 0.564. The van der Waals surface area contributed by atoms with Gasteiger partial charge in [0.15, 0.2) is 23.1 Å². The highest BCUT2D eigenvalue weighted by molar-refractivity contribution is 6.24. The van der Waals surface area contributed by atoms with E-state index in [-0.39, 0.29) is 0 Å². The molecule has 0 aliphatic carbocycles. The molecule has 0 unspecified atom stereocenters. The number of nitrogens with zero attached hydrogens (tertiary/aromatic N) is 5. The van der Waals surface area contributed by atoms with E-state index >= 15 is 0 Å². The largest absolute Gasteiger partial charge is 0.454 e. The van der Waals surface area contributed by atoms with Gasteiger partial charge in [-0.2, -0.15) is 0 Å². The standard InChI is InChI=1S/C67H39N5O/c1-2-20-49(21-3-1)71-57-25-13-12-24-52(57)54-36-47(29-32-58(54)71)66-68-65(46-27-26-40-14-4-5-17-43(40)34-46)69-67(70-66)48-37-56-62-50-22-10-8-15-41(50)30-33-61(62)73-64(56)60(39-48)72-59-38-45-19-7-6-18-44(45)35-55(59)53-31-28-42-16-9-11-23-51(42)63(53)72/h1-39H. The van der Waals surface area contributed by atoms with Gasteiger partial charge in [0.25, 0.3) is 0 Å². The molecular weight excluding hydrogens is 891 g/mol. The monoisotopic (exact) mass is 929 g/mol. The van der Waals surface area contributed by atoms with Gasteiger partial charge in [0.1, 0.15) is 5.58 Å². The zero-order valence-electron chi connectivity index (χ0n) is 39.2. The topological polar surface area (TPSA) is 61.7 Å². The van der Waals surface area contributed by atoms with Crippen molar-refractivity contribution in [3.8, 4) is 45.5 Å². The van der Waals surface area contributed by atoms with E-state index in [4.69, 9.17) is 19.4 Å². The van der Waals surface area contributed by atoms with Crippen molar-refractivity contribution in [3.63, 3.8) is 0 Å². The molecule has 4 heterocycles. The first-order chi connectivity index (χ1) is 36.2. The molecule has 4 aromatic heterocycles. The van der Waals surface area contributed by atoms with Crippen molar-refractivity contribution >= 4 is 109 Å². The second-order valence-corrected chi connectivity index (χ2v) is 19.2. The highest BCUT2D eigenvalue weighted by Crippen LogP contribution is 2.45. The number of furan rings is 1. The summed E-state index contributed by atoms with van der Waals surface area (Å²) in [5.41, 5.74) is 10.7. The van der Waals surface area contributed by atoms with Crippen molar-refractivity contribution in [3.05, 3.63) is 237 Å². The van der Waals surface area contributed by atoms with Crippen molar-refractivity contribution in [2.45, 2.75) is 0 Å². The SMILES string of the molecule is c1ccc(-n2c3ccccc3c3cc(-c4nc(-c5ccc6ccccc6c5)nc(-c5cc(-n6c7cc8ccccc8cc7c7ccc8ccccc8c76)c6oc7ccc8ccccc8c7c6c5)n4)ccc32)cc1. The average molecular weight is 930 g/mol. The lowest BCUT2D eigenvalue weighted by Gasteiger charge is -2.14. The van der Waals surface area contributed by atoms with Gasteiger partial charge in [-0.05, 0) is 110 Å². The molecule has 12 aromatic carbocycles. The maximum atomic E-state index is 7.16. The third kappa shape index (κ3) is 6.01. The Morgan fingerprint density at radius 2 is 0.849 bits per heavy atom. The first kappa shape index (κ1) is 39.9. The summed E-state index contributed by atoms with van der Waals surface area (Å²) < 4.78 is 11.9. The van der Waals surface area contributed by atoms with Gasteiger partial charge in [-0.3, -0.25) is 0 Å². The summed E-state index contributed by atoms with van der Waals surface area (Å²) in [6.07, 6.45) is 0. The smallest absolute Gasteiger partial charge is 0.164 e. The maximum Gasteiger partial charge on any atom is 0.164 e. The molecule has 16 aromatic rings. The summed E-state index contributed by atoms with van der Waals surface area (Å²) in [6.45, 7) is 0. The summed E-state index contributed by atoms with van der Waals surface area (Å²) in [6, 6.07) is 84.5. The third-order valence-electron chi connectivity index (χ3n) is 15.0. The van der Waals surface area contributed by atoms with E-state index in [9.17, 15) is 0 Å². The highest BCUT2D eigenvalue weighted by Gasteiger charge is 2.24. The molecule has 6 nitrogen and oxygen atoms in total. The van der Waals surface area contributed by atoms with E-state index in [0.29, 0.717) is 17.5 Å². The molecule has 16 rings (SSSR count). The first-order valence-electron chi connectivity index (χ1n) is 24.7. The van der Waals surface area contributed by atoms with Crippen LogP contribution in [-0.4, -0.2) is 24.1 Å². The Labute approximate surface area is 417 Å². The second kappa shape index (κ2) is 15.3. The fraction of sp³-hybridized carbons (Fsp3) is 0. The van der Waals surface area contributed by atoms with Gasteiger partial charge in [-0.15, -0.1) is 0 Å². The zero-order valence-corrected chi connectivity index (χ0v) is 39.2. The zero-order chi connectivity index (χ0) is 47.7. The van der Waals surface area contributed by atoms with Crippen LogP contribution in [0, 0.1) is 0 Å². The molecule has 338 valence electrons. The van der Waals surface area contributed by atoms with Gasteiger partial charge in [0.2, 0.25) is 0 Å². The summed E-state index contributed by atoms with van der Waals surface area (Å²) in [7, 11) is 0. The fourth-order valence-electron chi connectivity index (χ4n) is 11.7. The van der Waals surface area contributed by atoms with E-state index in [0.717, 1.165) is 121 Å². The lowest BCUT2D eigenvalue weighted by Crippen LogP contribution is -2.02. The van der Waals surface area contributed by atoms with Crippen LogP contribution in [0.4, 0.5) is 0 Å². The lowest BCUT2D eigenvalue weighted by molar-refractivity contribution is 0.666. The minimum atomic E-state index is 0.564. The predicted molar refractivity (Wildman–Crippen MR) is 302 cm³/mol. The molecule has 0 bridgehead atoms. The van der Waals surface area contributed by atoms with E-state index in [1.54, 1.807) is 0 Å². The third-order valence-corrected chi connectivity index (χ3v) is 15.0. The van der Waals surface area contributed by atoms with Crippen molar-refractivity contribution in [1.29, 1.82) is 0 Å². The van der Waals surface area contributed by atoms with Crippen LogP contribution < -0.4 is 0 Å². The molecule has 0 aliphatic heterocycles. The van der Waals surface area contributed by atoms with Crippen LogP contribution in [0.1, 0.15) is 0 Å². The number of benzene rings is 12. The lowest BCUT2D eigenvalue weighted by atomic mass is 10.0. The molecule has 0 N–H and O–H groups in total. The Balaban J connectivity index is 1.02. The molecule has 73 heavy (non-hydrogen) atoms. The summed E-state index contributed by atoms with van der Waals surface area (Å²) >= 11 is 0. The molecule has 0 spiro atoms. The van der Waals surface area contributed by atoms with Crippen molar-refractivity contribution < 1.29 is 4.42 Å². The summed E-state index contributed by atoms with van der Waals surface area (Å²) in [5.74, 6) is 1.75. The molecule has 0 radical (unpaired) electrons. The number of aromatic nitrogens is 5. The number of para-hydroxylation sites is 2. The normalized spacial score (nSPS) is 12.1. The van der Waals surface area contributed by atoms with Crippen LogP contribution in [0.15, 0.2) is 241 Å². The van der Waals surface area contributed by atoms with Gasteiger partial charge < -0.3 is 13.6 Å². The van der Waals surface area contributed by atoms with Gasteiger partial charge in [-0.25, -0.2) is 15.0 Å². The number of fused-ring (bicyclic) bond motifs is 15. The molecule has 0 atom stereocenters. The number of hydrogen-bond acceptors (Lipinski definition) is 4. The summed E-state index contributed by atoms with van der Waals surface area (Å²) in [4.78, 5) is 16.3. The van der Waals surface area contributed by atoms with Crippen molar-refractivity contribution in [2.75, 3.05) is 0 Å². The van der Waals surface area contributed by atoms with Gasteiger partial charge >= 0.3 is 0 Å². The van der Waals surface area contributed by atoms with Crippen LogP contribution >= 0.6 is 0 Å². The van der Waals surface area contributed by atoms with Crippen LogP contribution in [-0.2, 0) is 0 Å². The molecule has 0 aliphatic rings. The average Bonchev–Trinajstić information content (AvgIpc) is 4.13. The van der Waals surface area contributed by atoms with Gasteiger partial charge in [0, 0.05) is 60.1 Å². The number of rotatable bonds is 5. The Morgan fingerprint density at radius 1 is 0.301 bits per heavy atom. The van der Waals surface area contributed by atoms with Crippen LogP contribution in [0.25, 0.3) is 154 Å². The van der Waals surface area contributed by atoms with E-state index in [1.807, 2.05) is 0 Å². The Hall–Kier alpha value is -9.91. The summed E-state index contributed by atoms with van der Waals surface area (Å²) in [5, 5.41) is 15.9. The molecule has 0 amide bonds. The van der Waals surface area contributed by atoms with Crippen LogP contribution in [0.5, 0.6) is 0 Å². The predicted octanol–water partition coefficient (Wildman–Crippen LogP) is 17.6. The van der Waals surface area contributed by atoms with E-state index in [1.165, 1.54) is 16.2 Å².